The van der Waals surface area contributed by atoms with Gasteiger partial charge in [0.25, 0.3) is 5.91 Å². The van der Waals surface area contributed by atoms with Gasteiger partial charge in [-0.2, -0.15) is 4.99 Å². The molecule has 1 aromatic rings. The van der Waals surface area contributed by atoms with Crippen molar-refractivity contribution in [2.45, 2.75) is 27.7 Å². The van der Waals surface area contributed by atoms with Gasteiger partial charge in [0.05, 0.1) is 0 Å². The molecule has 0 aliphatic carbocycles. The van der Waals surface area contributed by atoms with Crippen LogP contribution in [0.4, 0.5) is 5.69 Å². The van der Waals surface area contributed by atoms with Gasteiger partial charge in [0.1, 0.15) is 10.8 Å². The largest absolute Gasteiger partial charge is 0.349 e. The van der Waals surface area contributed by atoms with Crippen molar-refractivity contribution in [3.05, 3.63) is 30.3 Å². The van der Waals surface area contributed by atoms with Crippen molar-refractivity contribution in [2.24, 2.45) is 21.7 Å². The highest BCUT2D eigenvalue weighted by Crippen LogP contribution is 2.48. The Morgan fingerprint density at radius 2 is 1.83 bits per heavy atom. The zero-order valence-electron chi connectivity index (χ0n) is 14.3. The first-order valence-electron chi connectivity index (χ1n) is 7.95. The number of amides is 2. The number of hydrogen-bond acceptors (Lipinski definition) is 3. The average Bonchev–Trinajstić information content (AvgIpc) is 2.67. The second-order valence-electron chi connectivity index (χ2n) is 7.50. The number of para-hydroxylation sites is 1. The lowest BCUT2D eigenvalue weighted by molar-refractivity contribution is -0.136. The number of anilines is 1. The van der Waals surface area contributed by atoms with Crippen molar-refractivity contribution in [3.8, 4) is 0 Å². The molecule has 24 heavy (non-hydrogen) atoms. The van der Waals surface area contributed by atoms with Crippen molar-refractivity contribution < 1.29 is 9.59 Å². The first kappa shape index (κ1) is 16.8. The van der Waals surface area contributed by atoms with Crippen molar-refractivity contribution in [2.75, 3.05) is 11.9 Å². The Kier molecular flexibility index (Phi) is 3.83. The highest BCUT2D eigenvalue weighted by molar-refractivity contribution is 7.80. The van der Waals surface area contributed by atoms with Crippen molar-refractivity contribution in [1.82, 2.24) is 4.90 Å². The van der Waals surface area contributed by atoms with Gasteiger partial charge in [-0.05, 0) is 17.5 Å². The molecular formula is C18H21N3O2S. The first-order chi connectivity index (χ1) is 11.1. The number of fused-ring (bicyclic) bond motifs is 1. The number of benzene rings is 1. The van der Waals surface area contributed by atoms with Gasteiger partial charge < -0.3 is 5.32 Å². The number of hydrogen-bond donors (Lipinski definition) is 1. The molecule has 2 aliphatic rings. The summed E-state index contributed by atoms with van der Waals surface area (Å²) in [6.07, 6.45) is 0. The molecule has 0 bridgehead atoms. The van der Waals surface area contributed by atoms with E-state index in [1.165, 1.54) is 0 Å². The summed E-state index contributed by atoms with van der Waals surface area (Å²) < 4.78 is 0. The van der Waals surface area contributed by atoms with Crippen LogP contribution in [0, 0.1) is 16.7 Å². The number of thiocarbonyl (C=S) groups is 1. The lowest BCUT2D eigenvalue weighted by Crippen LogP contribution is -2.50. The van der Waals surface area contributed by atoms with Crippen LogP contribution in [0.5, 0.6) is 0 Å². The van der Waals surface area contributed by atoms with Gasteiger partial charge in [0.15, 0.2) is 5.92 Å². The minimum Gasteiger partial charge on any atom is -0.349 e. The predicted molar refractivity (Wildman–Crippen MR) is 97.9 cm³/mol. The van der Waals surface area contributed by atoms with Gasteiger partial charge in [-0.1, -0.05) is 58.1 Å². The van der Waals surface area contributed by atoms with Gasteiger partial charge in [-0.25, -0.2) is 0 Å². The maximum absolute atomic E-state index is 12.9. The SMILES string of the molecule is CC1(C)CN2C(=O)C(C(=S)Nc3ccccc3)C(=O)N=C2C1(C)C. The van der Waals surface area contributed by atoms with Crippen molar-refractivity contribution in [1.29, 1.82) is 0 Å². The molecule has 0 aromatic heterocycles. The van der Waals surface area contributed by atoms with Crippen LogP contribution in [0.15, 0.2) is 35.3 Å². The van der Waals surface area contributed by atoms with Gasteiger partial charge in [-0.15, -0.1) is 0 Å². The molecule has 0 spiro atoms. The quantitative estimate of drug-likeness (QED) is 0.662. The van der Waals surface area contributed by atoms with E-state index < -0.39 is 11.8 Å². The molecule has 0 saturated carbocycles. The van der Waals surface area contributed by atoms with Crippen LogP contribution in [0.25, 0.3) is 0 Å². The maximum Gasteiger partial charge on any atom is 0.266 e. The standard InChI is InChI=1S/C18H21N3O2S/c1-17(2)10-21-15(23)12(13(22)20-16(21)18(17,3)4)14(24)19-11-8-6-5-7-9-11/h5-9,12H,10H2,1-4H3,(H,19,24). The number of carbonyl (C=O) groups excluding carboxylic acids is 2. The fourth-order valence-corrected chi connectivity index (χ4v) is 3.40. The molecule has 3 rings (SSSR count). The molecule has 2 amide bonds. The van der Waals surface area contributed by atoms with E-state index in [1.54, 1.807) is 4.90 Å². The van der Waals surface area contributed by atoms with Gasteiger partial charge >= 0.3 is 0 Å². The van der Waals surface area contributed by atoms with Gasteiger partial charge in [-0.3, -0.25) is 14.5 Å². The predicted octanol–water partition coefficient (Wildman–Crippen LogP) is 2.88. The number of carbonyl (C=O) groups is 2. The molecule has 6 heteroatoms. The van der Waals surface area contributed by atoms with Crippen molar-refractivity contribution in [3.63, 3.8) is 0 Å². The third kappa shape index (κ3) is 2.45. The van der Waals surface area contributed by atoms with Crippen LogP contribution in [0.2, 0.25) is 0 Å². The van der Waals surface area contributed by atoms with Crippen LogP contribution in [-0.2, 0) is 9.59 Å². The third-order valence-corrected chi connectivity index (χ3v) is 5.68. The number of nitrogens with one attached hydrogen (secondary N) is 1. The molecule has 126 valence electrons. The van der Waals surface area contributed by atoms with Crippen LogP contribution in [0.3, 0.4) is 0 Å². The molecule has 2 aliphatic heterocycles. The Morgan fingerprint density at radius 1 is 1.21 bits per heavy atom. The summed E-state index contributed by atoms with van der Waals surface area (Å²) in [7, 11) is 0. The molecule has 5 nitrogen and oxygen atoms in total. The van der Waals surface area contributed by atoms with Crippen LogP contribution < -0.4 is 5.32 Å². The smallest absolute Gasteiger partial charge is 0.266 e. The fourth-order valence-electron chi connectivity index (χ4n) is 3.08. The normalized spacial score (nSPS) is 24.4. The molecule has 1 N–H and O–H groups in total. The minimum atomic E-state index is -1.05. The third-order valence-electron chi connectivity index (χ3n) is 5.34. The molecule has 0 radical (unpaired) electrons. The Labute approximate surface area is 147 Å². The molecule has 1 atom stereocenters. The topological polar surface area (TPSA) is 61.8 Å². The zero-order chi connectivity index (χ0) is 17.7. The van der Waals surface area contributed by atoms with Crippen LogP contribution in [-0.4, -0.2) is 34.1 Å². The average molecular weight is 343 g/mol. The molecule has 1 saturated heterocycles. The monoisotopic (exact) mass is 343 g/mol. The number of rotatable bonds is 2. The highest BCUT2D eigenvalue weighted by atomic mass is 32.1. The molecular weight excluding hydrogens is 322 g/mol. The van der Waals surface area contributed by atoms with E-state index >= 15 is 0 Å². The van der Waals surface area contributed by atoms with Gasteiger partial charge in [0, 0.05) is 17.6 Å². The number of amidine groups is 1. The van der Waals surface area contributed by atoms with E-state index in [9.17, 15) is 9.59 Å². The first-order valence-corrected chi connectivity index (χ1v) is 8.36. The molecule has 2 heterocycles. The lowest BCUT2D eigenvalue weighted by Gasteiger charge is -2.33. The summed E-state index contributed by atoms with van der Waals surface area (Å²) in [6, 6.07) is 9.27. The Morgan fingerprint density at radius 3 is 2.46 bits per heavy atom. The Balaban J connectivity index is 1.90. The van der Waals surface area contributed by atoms with Crippen LogP contribution >= 0.6 is 12.2 Å². The summed E-state index contributed by atoms with van der Waals surface area (Å²) in [5, 5.41) is 2.99. The summed E-state index contributed by atoms with van der Waals surface area (Å²) in [6.45, 7) is 8.75. The second kappa shape index (κ2) is 5.48. The maximum atomic E-state index is 12.9. The summed E-state index contributed by atoms with van der Waals surface area (Å²) >= 11 is 5.34. The second-order valence-corrected chi connectivity index (χ2v) is 7.94. The van der Waals surface area contributed by atoms with E-state index in [0.717, 1.165) is 5.69 Å². The molecule has 1 aromatic carbocycles. The zero-order valence-corrected chi connectivity index (χ0v) is 15.1. The summed E-state index contributed by atoms with van der Waals surface area (Å²) in [5.74, 6) is -1.25. The van der Waals surface area contributed by atoms with Crippen LogP contribution in [0.1, 0.15) is 27.7 Å². The number of nitrogens with zero attached hydrogens (tertiary/aromatic N) is 2. The highest BCUT2D eigenvalue weighted by Gasteiger charge is 2.56. The molecule has 1 fully saturated rings. The minimum absolute atomic E-state index is 0.162. The van der Waals surface area contributed by atoms with E-state index in [1.807, 2.05) is 44.2 Å². The van der Waals surface area contributed by atoms with E-state index in [2.05, 4.69) is 24.2 Å². The van der Waals surface area contributed by atoms with Gasteiger partial charge in [0.2, 0.25) is 5.91 Å². The fraction of sp³-hybridized carbons (Fsp3) is 0.444. The lowest BCUT2D eigenvalue weighted by atomic mass is 9.70. The van der Waals surface area contributed by atoms with E-state index in [4.69, 9.17) is 12.2 Å². The van der Waals surface area contributed by atoms with E-state index in [0.29, 0.717) is 12.4 Å². The Bertz CT molecular complexity index is 753. The molecule has 1 unspecified atom stereocenters. The summed E-state index contributed by atoms with van der Waals surface area (Å²) in [5.41, 5.74) is 0.239. The van der Waals surface area contributed by atoms with E-state index in [-0.39, 0.29) is 21.7 Å². The Hall–Kier alpha value is -2.08. The number of aliphatic imine (C=N–C) groups is 1. The summed E-state index contributed by atoms with van der Waals surface area (Å²) in [4.78, 5) is 31.5. The van der Waals surface area contributed by atoms with Crippen molar-refractivity contribution >= 4 is 40.5 Å².